The number of hydrogen-bond acceptors (Lipinski definition) is 3. The van der Waals surface area contributed by atoms with Gasteiger partial charge in [0.25, 0.3) is 5.91 Å². The summed E-state index contributed by atoms with van der Waals surface area (Å²) in [7, 11) is 1.57. The van der Waals surface area contributed by atoms with E-state index in [1.54, 1.807) is 12.0 Å². The Hall–Kier alpha value is -2.82. The first-order valence-electron chi connectivity index (χ1n) is 9.16. The van der Waals surface area contributed by atoms with Crippen LogP contribution in [0.5, 0.6) is 5.75 Å². The number of rotatable bonds is 4. The normalized spacial score (nSPS) is 19.0. The van der Waals surface area contributed by atoms with Gasteiger partial charge in [-0.1, -0.05) is 35.9 Å². The van der Waals surface area contributed by atoms with E-state index in [1.165, 1.54) is 12.5 Å². The molecular formula is C22H26N2O3. The smallest absolute Gasteiger partial charge is 0.257 e. The number of nitrogens with one attached hydrogen (secondary N) is 1. The fourth-order valence-corrected chi connectivity index (χ4v) is 3.67. The van der Waals surface area contributed by atoms with E-state index in [1.807, 2.05) is 32.0 Å². The molecule has 2 atom stereocenters. The van der Waals surface area contributed by atoms with Crippen molar-refractivity contribution in [1.82, 2.24) is 10.2 Å². The fraction of sp³-hybridized carbons (Fsp3) is 0.364. The van der Waals surface area contributed by atoms with Crippen molar-refractivity contribution in [3.8, 4) is 5.75 Å². The summed E-state index contributed by atoms with van der Waals surface area (Å²) in [5, 5.41) is 3.01. The Morgan fingerprint density at radius 1 is 1.04 bits per heavy atom. The Kier molecular flexibility index (Phi) is 5.49. The third-order valence-electron chi connectivity index (χ3n) is 5.09. The molecular weight excluding hydrogens is 340 g/mol. The lowest BCUT2D eigenvalue weighted by Crippen LogP contribution is -2.39. The summed E-state index contributed by atoms with van der Waals surface area (Å²) < 4.78 is 5.41. The average Bonchev–Trinajstić information content (AvgIpc) is 3.04. The summed E-state index contributed by atoms with van der Waals surface area (Å²) in [6.45, 7) is 6.56. The molecule has 1 saturated heterocycles. The zero-order chi connectivity index (χ0) is 19.6. The van der Waals surface area contributed by atoms with Gasteiger partial charge in [0.1, 0.15) is 5.75 Å². The molecule has 5 heteroatoms. The summed E-state index contributed by atoms with van der Waals surface area (Å²) in [6.07, 6.45) is 0. The van der Waals surface area contributed by atoms with Crippen LogP contribution >= 0.6 is 0 Å². The van der Waals surface area contributed by atoms with Crippen LogP contribution in [0, 0.1) is 13.8 Å². The lowest BCUT2D eigenvalue weighted by molar-refractivity contribution is -0.119. The molecule has 2 aromatic carbocycles. The maximum absolute atomic E-state index is 13.1. The zero-order valence-corrected chi connectivity index (χ0v) is 16.3. The van der Waals surface area contributed by atoms with Crippen LogP contribution in [-0.2, 0) is 4.79 Å². The second kappa shape index (κ2) is 7.82. The quantitative estimate of drug-likeness (QED) is 0.905. The minimum absolute atomic E-state index is 0.0647. The predicted octanol–water partition coefficient (Wildman–Crippen LogP) is 3.06. The SMILES string of the molecule is COc1cc(C)ccc1C(=O)N1C[C@@H](NC(C)=O)[C@H](c2ccc(C)cc2)C1. The van der Waals surface area contributed by atoms with Gasteiger partial charge in [0, 0.05) is 25.9 Å². The molecule has 0 bridgehead atoms. The molecule has 1 fully saturated rings. The Morgan fingerprint density at radius 2 is 1.70 bits per heavy atom. The number of likely N-dealkylation sites (tertiary alicyclic amines) is 1. The van der Waals surface area contributed by atoms with Crippen molar-refractivity contribution >= 4 is 11.8 Å². The van der Waals surface area contributed by atoms with E-state index in [0.29, 0.717) is 24.4 Å². The molecule has 0 unspecified atom stereocenters. The monoisotopic (exact) mass is 366 g/mol. The van der Waals surface area contributed by atoms with E-state index in [2.05, 4.69) is 29.6 Å². The first-order chi connectivity index (χ1) is 12.9. The largest absolute Gasteiger partial charge is 0.496 e. The highest BCUT2D eigenvalue weighted by Crippen LogP contribution is 2.31. The molecule has 142 valence electrons. The third-order valence-corrected chi connectivity index (χ3v) is 5.09. The fourth-order valence-electron chi connectivity index (χ4n) is 3.67. The van der Waals surface area contributed by atoms with Crippen molar-refractivity contribution < 1.29 is 14.3 Å². The van der Waals surface area contributed by atoms with Crippen LogP contribution in [0.15, 0.2) is 42.5 Å². The van der Waals surface area contributed by atoms with Gasteiger partial charge in [0.2, 0.25) is 5.91 Å². The van der Waals surface area contributed by atoms with Crippen LogP contribution in [0.3, 0.4) is 0 Å². The molecule has 3 rings (SSSR count). The molecule has 0 aromatic heterocycles. The van der Waals surface area contributed by atoms with E-state index in [0.717, 1.165) is 11.1 Å². The minimum Gasteiger partial charge on any atom is -0.496 e. The first kappa shape index (κ1) is 19.0. The second-order valence-corrected chi connectivity index (χ2v) is 7.24. The highest BCUT2D eigenvalue weighted by molar-refractivity contribution is 5.97. The van der Waals surface area contributed by atoms with Crippen molar-refractivity contribution in [2.75, 3.05) is 20.2 Å². The summed E-state index contributed by atoms with van der Waals surface area (Å²) in [5.74, 6) is 0.487. The van der Waals surface area contributed by atoms with Crippen molar-refractivity contribution in [3.05, 3.63) is 64.7 Å². The summed E-state index contributed by atoms with van der Waals surface area (Å²) in [5.41, 5.74) is 3.91. The standard InChI is InChI=1S/C22H26N2O3/c1-14-5-8-17(9-6-14)19-12-24(13-20(19)23-16(3)25)22(26)18-10-7-15(2)11-21(18)27-4/h5-11,19-20H,12-13H2,1-4H3,(H,23,25)/t19-,20+/m0/s1. The molecule has 1 aliphatic rings. The molecule has 0 aliphatic carbocycles. The maximum atomic E-state index is 13.1. The van der Waals surface area contributed by atoms with Gasteiger partial charge in [-0.25, -0.2) is 0 Å². The first-order valence-corrected chi connectivity index (χ1v) is 9.16. The number of methoxy groups -OCH3 is 1. The number of ether oxygens (including phenoxy) is 1. The highest BCUT2D eigenvalue weighted by atomic mass is 16.5. The molecule has 5 nitrogen and oxygen atoms in total. The Labute approximate surface area is 160 Å². The van der Waals surface area contributed by atoms with Crippen molar-refractivity contribution in [1.29, 1.82) is 0 Å². The van der Waals surface area contributed by atoms with Crippen molar-refractivity contribution in [3.63, 3.8) is 0 Å². The molecule has 0 radical (unpaired) electrons. The average molecular weight is 366 g/mol. The molecule has 2 amide bonds. The number of carbonyl (C=O) groups excluding carboxylic acids is 2. The van der Waals surface area contributed by atoms with Gasteiger partial charge >= 0.3 is 0 Å². The third kappa shape index (κ3) is 4.13. The van der Waals surface area contributed by atoms with E-state index < -0.39 is 0 Å². The number of aryl methyl sites for hydroxylation is 2. The predicted molar refractivity (Wildman–Crippen MR) is 105 cm³/mol. The van der Waals surface area contributed by atoms with E-state index in [9.17, 15) is 9.59 Å². The topological polar surface area (TPSA) is 58.6 Å². The van der Waals surface area contributed by atoms with E-state index in [4.69, 9.17) is 4.74 Å². The van der Waals surface area contributed by atoms with Gasteiger partial charge in [-0.3, -0.25) is 9.59 Å². The van der Waals surface area contributed by atoms with Crippen molar-refractivity contribution in [2.45, 2.75) is 32.7 Å². The van der Waals surface area contributed by atoms with Gasteiger partial charge in [-0.05, 0) is 37.1 Å². The van der Waals surface area contributed by atoms with E-state index >= 15 is 0 Å². The van der Waals surface area contributed by atoms with Crippen LogP contribution in [0.25, 0.3) is 0 Å². The summed E-state index contributed by atoms with van der Waals surface area (Å²) in [4.78, 5) is 26.6. The second-order valence-electron chi connectivity index (χ2n) is 7.24. The number of amides is 2. The number of hydrogen-bond donors (Lipinski definition) is 1. The molecule has 1 aliphatic heterocycles. The van der Waals surface area contributed by atoms with Crippen LogP contribution in [-0.4, -0.2) is 43.0 Å². The lowest BCUT2D eigenvalue weighted by atomic mass is 9.93. The lowest BCUT2D eigenvalue weighted by Gasteiger charge is -2.19. The van der Waals surface area contributed by atoms with Crippen LogP contribution in [0.1, 0.15) is 39.9 Å². The highest BCUT2D eigenvalue weighted by Gasteiger charge is 2.37. The van der Waals surface area contributed by atoms with Gasteiger partial charge in [-0.2, -0.15) is 0 Å². The van der Waals surface area contributed by atoms with Gasteiger partial charge in [0.05, 0.1) is 18.7 Å². The molecule has 0 spiro atoms. The number of benzene rings is 2. The number of nitrogens with zero attached hydrogens (tertiary/aromatic N) is 1. The van der Waals surface area contributed by atoms with Gasteiger partial charge < -0.3 is 15.0 Å². The Bertz CT molecular complexity index is 845. The van der Waals surface area contributed by atoms with Crippen LogP contribution < -0.4 is 10.1 Å². The number of carbonyl (C=O) groups is 2. The van der Waals surface area contributed by atoms with Crippen LogP contribution in [0.4, 0.5) is 0 Å². The Balaban J connectivity index is 1.88. The minimum atomic E-state index is -0.106. The van der Waals surface area contributed by atoms with Crippen LogP contribution in [0.2, 0.25) is 0 Å². The molecule has 2 aromatic rings. The summed E-state index contributed by atoms with van der Waals surface area (Å²) >= 11 is 0. The summed E-state index contributed by atoms with van der Waals surface area (Å²) in [6, 6.07) is 13.8. The maximum Gasteiger partial charge on any atom is 0.257 e. The Morgan fingerprint density at radius 3 is 2.33 bits per heavy atom. The van der Waals surface area contributed by atoms with Gasteiger partial charge in [-0.15, -0.1) is 0 Å². The molecule has 27 heavy (non-hydrogen) atoms. The molecule has 1 N–H and O–H groups in total. The molecule has 1 heterocycles. The van der Waals surface area contributed by atoms with Crippen molar-refractivity contribution in [2.24, 2.45) is 0 Å². The zero-order valence-electron chi connectivity index (χ0n) is 16.3. The van der Waals surface area contributed by atoms with E-state index in [-0.39, 0.29) is 23.8 Å². The van der Waals surface area contributed by atoms with Gasteiger partial charge in [0.15, 0.2) is 0 Å². The molecule has 0 saturated carbocycles.